The van der Waals surface area contributed by atoms with Crippen LogP contribution in [0.15, 0.2) is 42.6 Å². The fourth-order valence-corrected chi connectivity index (χ4v) is 3.67. The lowest BCUT2D eigenvalue weighted by Crippen LogP contribution is -2.12. The fraction of sp³-hybridized carbons (Fsp3) is 0.286. The molecule has 0 aliphatic rings. The summed E-state index contributed by atoms with van der Waals surface area (Å²) in [5.41, 5.74) is 3.89. The standard InChI is InChI=1S/C21H24N4O2S/c1-14-5-3-6-15(2)20(14)25-21(27)17-13-23-19(28-17)10-9-16-7-4-8-18(24-16)22-11-12-26/h3-8,13,26H,9-12H2,1-2H3,(H,22,24)(H,25,27). The molecule has 1 aromatic carbocycles. The third-order valence-electron chi connectivity index (χ3n) is 4.32. The van der Waals surface area contributed by atoms with Gasteiger partial charge in [-0.25, -0.2) is 9.97 Å². The van der Waals surface area contributed by atoms with Crippen LogP contribution < -0.4 is 10.6 Å². The third kappa shape index (κ3) is 5.15. The zero-order chi connectivity index (χ0) is 19.9. The van der Waals surface area contributed by atoms with Crippen LogP contribution in [0, 0.1) is 13.8 Å². The van der Waals surface area contributed by atoms with E-state index in [1.54, 1.807) is 6.20 Å². The molecule has 0 aliphatic heterocycles. The number of hydrogen-bond donors (Lipinski definition) is 3. The summed E-state index contributed by atoms with van der Waals surface area (Å²) in [6.45, 7) is 4.51. The van der Waals surface area contributed by atoms with Gasteiger partial charge in [-0.3, -0.25) is 4.79 Å². The summed E-state index contributed by atoms with van der Waals surface area (Å²) in [6.07, 6.45) is 3.09. The molecule has 0 aliphatic carbocycles. The van der Waals surface area contributed by atoms with E-state index >= 15 is 0 Å². The number of para-hydroxylation sites is 1. The summed E-state index contributed by atoms with van der Waals surface area (Å²) in [5, 5.41) is 15.9. The number of hydrogen-bond acceptors (Lipinski definition) is 6. The van der Waals surface area contributed by atoms with Gasteiger partial charge in [-0.05, 0) is 43.5 Å². The molecule has 28 heavy (non-hydrogen) atoms. The van der Waals surface area contributed by atoms with Gasteiger partial charge >= 0.3 is 0 Å². The van der Waals surface area contributed by atoms with Crippen LogP contribution in [0.1, 0.15) is 31.5 Å². The summed E-state index contributed by atoms with van der Waals surface area (Å²) in [5.74, 6) is 0.619. The van der Waals surface area contributed by atoms with E-state index in [1.807, 2.05) is 50.2 Å². The van der Waals surface area contributed by atoms with Crippen LogP contribution in [-0.4, -0.2) is 34.1 Å². The Balaban J connectivity index is 1.60. The van der Waals surface area contributed by atoms with Crippen molar-refractivity contribution in [1.29, 1.82) is 0 Å². The minimum atomic E-state index is -0.130. The van der Waals surface area contributed by atoms with Crippen molar-refractivity contribution in [3.05, 3.63) is 69.3 Å². The molecule has 7 heteroatoms. The van der Waals surface area contributed by atoms with Crippen LogP contribution in [0.4, 0.5) is 11.5 Å². The van der Waals surface area contributed by atoms with Gasteiger partial charge in [-0.2, -0.15) is 0 Å². The van der Waals surface area contributed by atoms with Crippen molar-refractivity contribution in [2.75, 3.05) is 23.8 Å². The molecule has 1 amide bonds. The maximum absolute atomic E-state index is 12.6. The molecule has 0 unspecified atom stereocenters. The number of thiazole rings is 1. The largest absolute Gasteiger partial charge is 0.395 e. The number of rotatable bonds is 8. The second-order valence-corrected chi connectivity index (χ2v) is 7.62. The Morgan fingerprint density at radius 1 is 1.11 bits per heavy atom. The molecule has 0 saturated carbocycles. The number of aryl methyl sites for hydroxylation is 4. The van der Waals surface area contributed by atoms with Crippen molar-refractivity contribution in [2.45, 2.75) is 26.7 Å². The topological polar surface area (TPSA) is 87.1 Å². The van der Waals surface area contributed by atoms with E-state index in [0.29, 0.717) is 11.4 Å². The molecule has 0 saturated heterocycles. The Kier molecular flexibility index (Phi) is 6.73. The normalized spacial score (nSPS) is 10.7. The highest BCUT2D eigenvalue weighted by Gasteiger charge is 2.13. The van der Waals surface area contributed by atoms with E-state index in [0.717, 1.165) is 46.2 Å². The number of pyridine rings is 1. The van der Waals surface area contributed by atoms with Crippen LogP contribution in [0.5, 0.6) is 0 Å². The Morgan fingerprint density at radius 2 is 1.86 bits per heavy atom. The van der Waals surface area contributed by atoms with Crippen LogP contribution in [0.3, 0.4) is 0 Å². The molecule has 0 fully saturated rings. The highest BCUT2D eigenvalue weighted by atomic mass is 32.1. The van der Waals surface area contributed by atoms with Gasteiger partial charge in [0.25, 0.3) is 5.91 Å². The minimum Gasteiger partial charge on any atom is -0.395 e. The predicted molar refractivity (Wildman–Crippen MR) is 113 cm³/mol. The van der Waals surface area contributed by atoms with E-state index in [9.17, 15) is 4.79 Å². The zero-order valence-electron chi connectivity index (χ0n) is 16.0. The molecule has 3 N–H and O–H groups in total. The first kappa shape index (κ1) is 20.0. The van der Waals surface area contributed by atoms with E-state index < -0.39 is 0 Å². The fourth-order valence-electron chi connectivity index (χ4n) is 2.85. The molecule has 6 nitrogen and oxygen atoms in total. The lowest BCUT2D eigenvalue weighted by molar-refractivity contribution is 0.103. The second kappa shape index (κ2) is 9.43. The molecular formula is C21H24N4O2S. The maximum atomic E-state index is 12.6. The van der Waals surface area contributed by atoms with Crippen molar-refractivity contribution in [2.24, 2.45) is 0 Å². The summed E-state index contributed by atoms with van der Waals surface area (Å²) in [4.78, 5) is 22.1. The molecule has 3 rings (SSSR count). The highest BCUT2D eigenvalue weighted by Crippen LogP contribution is 2.22. The number of aliphatic hydroxyl groups is 1. The number of benzene rings is 1. The van der Waals surface area contributed by atoms with E-state index in [-0.39, 0.29) is 12.5 Å². The average Bonchev–Trinajstić information content (AvgIpc) is 3.17. The minimum absolute atomic E-state index is 0.0674. The third-order valence-corrected chi connectivity index (χ3v) is 5.37. The van der Waals surface area contributed by atoms with Crippen LogP contribution >= 0.6 is 11.3 Å². The first-order valence-corrected chi connectivity index (χ1v) is 10.0. The lowest BCUT2D eigenvalue weighted by Gasteiger charge is -2.10. The van der Waals surface area contributed by atoms with Gasteiger partial charge in [-0.1, -0.05) is 24.3 Å². The summed E-state index contributed by atoms with van der Waals surface area (Å²) in [7, 11) is 0. The van der Waals surface area contributed by atoms with Gasteiger partial charge in [0.05, 0.1) is 17.8 Å². The van der Waals surface area contributed by atoms with Gasteiger partial charge in [0.15, 0.2) is 0 Å². The summed E-state index contributed by atoms with van der Waals surface area (Å²) >= 11 is 1.41. The Morgan fingerprint density at radius 3 is 2.61 bits per heavy atom. The molecule has 0 radical (unpaired) electrons. The number of aliphatic hydroxyl groups excluding tert-OH is 1. The lowest BCUT2D eigenvalue weighted by atomic mass is 10.1. The van der Waals surface area contributed by atoms with E-state index in [1.165, 1.54) is 11.3 Å². The highest BCUT2D eigenvalue weighted by molar-refractivity contribution is 7.13. The summed E-state index contributed by atoms with van der Waals surface area (Å²) < 4.78 is 0. The second-order valence-electron chi connectivity index (χ2n) is 6.50. The number of carbonyl (C=O) groups is 1. The van der Waals surface area contributed by atoms with Gasteiger partial charge in [0.1, 0.15) is 10.7 Å². The van der Waals surface area contributed by atoms with Gasteiger partial charge in [-0.15, -0.1) is 11.3 Å². The van der Waals surface area contributed by atoms with Crippen LogP contribution in [-0.2, 0) is 12.8 Å². The van der Waals surface area contributed by atoms with Crippen molar-refractivity contribution in [3.63, 3.8) is 0 Å². The molecule has 146 valence electrons. The molecule has 2 aromatic heterocycles. The number of carbonyl (C=O) groups excluding carboxylic acids is 1. The van der Waals surface area contributed by atoms with Crippen LogP contribution in [0.2, 0.25) is 0 Å². The van der Waals surface area contributed by atoms with Gasteiger partial charge in [0.2, 0.25) is 0 Å². The first-order chi connectivity index (χ1) is 13.6. The van der Waals surface area contributed by atoms with Gasteiger partial charge in [0, 0.05) is 24.3 Å². The molecular weight excluding hydrogens is 372 g/mol. The Hall–Kier alpha value is -2.77. The number of amides is 1. The zero-order valence-corrected chi connectivity index (χ0v) is 16.8. The van der Waals surface area contributed by atoms with E-state index in [2.05, 4.69) is 20.6 Å². The maximum Gasteiger partial charge on any atom is 0.267 e. The summed E-state index contributed by atoms with van der Waals surface area (Å²) in [6, 6.07) is 11.7. The molecule has 0 bridgehead atoms. The monoisotopic (exact) mass is 396 g/mol. The Bertz CT molecular complexity index is 935. The Labute approximate surface area is 168 Å². The average molecular weight is 397 g/mol. The molecule has 0 spiro atoms. The number of nitrogens with one attached hydrogen (secondary N) is 2. The van der Waals surface area contributed by atoms with Gasteiger partial charge < -0.3 is 15.7 Å². The van der Waals surface area contributed by atoms with Crippen molar-refractivity contribution < 1.29 is 9.90 Å². The van der Waals surface area contributed by atoms with Crippen LogP contribution in [0.25, 0.3) is 0 Å². The van der Waals surface area contributed by atoms with Crippen molar-refractivity contribution in [1.82, 2.24) is 9.97 Å². The molecule has 2 heterocycles. The quantitative estimate of drug-likeness (QED) is 0.542. The van der Waals surface area contributed by atoms with Crippen molar-refractivity contribution in [3.8, 4) is 0 Å². The van der Waals surface area contributed by atoms with Crippen molar-refractivity contribution >= 4 is 28.7 Å². The SMILES string of the molecule is Cc1cccc(C)c1NC(=O)c1cnc(CCc2cccc(NCCO)n2)s1. The smallest absolute Gasteiger partial charge is 0.267 e. The van der Waals surface area contributed by atoms with E-state index in [4.69, 9.17) is 5.11 Å². The number of nitrogens with zero attached hydrogens (tertiary/aromatic N) is 2. The molecule has 3 aromatic rings. The number of aromatic nitrogens is 2. The predicted octanol–water partition coefficient (Wildman–Crippen LogP) is 3.60. The first-order valence-electron chi connectivity index (χ1n) is 9.19. The number of anilines is 2. The molecule has 0 atom stereocenters.